The van der Waals surface area contributed by atoms with E-state index in [1.54, 1.807) is 6.92 Å². The van der Waals surface area contributed by atoms with E-state index < -0.39 is 24.0 Å². The Bertz CT molecular complexity index is 306. The van der Waals surface area contributed by atoms with E-state index in [1.807, 2.05) is 0 Å². The average Bonchev–Trinajstić information content (AvgIpc) is 2.26. The Morgan fingerprint density at radius 2 is 1.83 bits per heavy atom. The molecule has 0 aromatic carbocycles. The standard InChI is InChI=1S/C11H20N2O5/c1-7(5-4-6-9(14)15)12-11(17)13-8(2)10(16)18-3/h7-8H,4-6H2,1-3H3,(H,14,15)(H2,12,13,17). The Morgan fingerprint density at radius 1 is 1.22 bits per heavy atom. The summed E-state index contributed by atoms with van der Waals surface area (Å²) in [5.74, 6) is -1.38. The van der Waals surface area contributed by atoms with Crippen LogP contribution in [-0.2, 0) is 14.3 Å². The van der Waals surface area contributed by atoms with Gasteiger partial charge in [0.2, 0.25) is 0 Å². The molecule has 7 nitrogen and oxygen atoms in total. The smallest absolute Gasteiger partial charge is 0.328 e. The molecule has 104 valence electrons. The first-order valence-electron chi connectivity index (χ1n) is 5.73. The number of nitrogens with one attached hydrogen (secondary N) is 2. The SMILES string of the molecule is COC(=O)C(C)NC(=O)NC(C)CCCC(=O)O. The average molecular weight is 260 g/mol. The summed E-state index contributed by atoms with van der Waals surface area (Å²) in [4.78, 5) is 32.8. The highest BCUT2D eigenvalue weighted by Gasteiger charge is 2.16. The number of hydrogen-bond acceptors (Lipinski definition) is 4. The molecule has 0 bridgehead atoms. The first-order chi connectivity index (χ1) is 8.36. The minimum Gasteiger partial charge on any atom is -0.481 e. The topological polar surface area (TPSA) is 105 Å². The van der Waals surface area contributed by atoms with Crippen molar-refractivity contribution in [3.8, 4) is 0 Å². The molecule has 0 rings (SSSR count). The molecule has 7 heteroatoms. The van der Waals surface area contributed by atoms with Crippen molar-refractivity contribution in [1.82, 2.24) is 10.6 Å². The molecule has 0 aliphatic heterocycles. The lowest BCUT2D eigenvalue weighted by atomic mass is 10.1. The van der Waals surface area contributed by atoms with Gasteiger partial charge in [0.05, 0.1) is 7.11 Å². The van der Waals surface area contributed by atoms with Crippen molar-refractivity contribution in [3.63, 3.8) is 0 Å². The van der Waals surface area contributed by atoms with E-state index in [0.717, 1.165) is 0 Å². The largest absolute Gasteiger partial charge is 0.481 e. The maximum absolute atomic E-state index is 11.4. The molecule has 0 radical (unpaired) electrons. The number of hydrogen-bond donors (Lipinski definition) is 3. The molecule has 2 unspecified atom stereocenters. The van der Waals surface area contributed by atoms with Gasteiger partial charge >= 0.3 is 18.0 Å². The van der Waals surface area contributed by atoms with Crippen LogP contribution in [0.2, 0.25) is 0 Å². The van der Waals surface area contributed by atoms with Crippen LogP contribution in [0.4, 0.5) is 4.79 Å². The summed E-state index contributed by atoms with van der Waals surface area (Å²) in [5, 5.41) is 13.5. The van der Waals surface area contributed by atoms with Gasteiger partial charge in [-0.05, 0) is 26.7 Å². The molecular weight excluding hydrogens is 240 g/mol. The number of urea groups is 1. The van der Waals surface area contributed by atoms with Gasteiger partial charge in [-0.25, -0.2) is 9.59 Å². The monoisotopic (exact) mass is 260 g/mol. The van der Waals surface area contributed by atoms with Crippen LogP contribution in [0.5, 0.6) is 0 Å². The van der Waals surface area contributed by atoms with Crippen molar-refractivity contribution in [2.24, 2.45) is 0 Å². The number of methoxy groups -OCH3 is 1. The van der Waals surface area contributed by atoms with Crippen LogP contribution in [0.3, 0.4) is 0 Å². The second kappa shape index (κ2) is 8.32. The molecule has 2 amide bonds. The predicted octanol–water partition coefficient (Wildman–Crippen LogP) is 0.491. The Labute approximate surface area is 106 Å². The van der Waals surface area contributed by atoms with Gasteiger partial charge in [0.15, 0.2) is 0 Å². The number of carboxylic acid groups (broad SMARTS) is 1. The second-order valence-corrected chi connectivity index (χ2v) is 4.05. The molecular formula is C11H20N2O5. The Morgan fingerprint density at radius 3 is 2.33 bits per heavy atom. The summed E-state index contributed by atoms with van der Waals surface area (Å²) in [7, 11) is 1.24. The zero-order valence-corrected chi connectivity index (χ0v) is 10.9. The molecule has 0 saturated heterocycles. The van der Waals surface area contributed by atoms with Gasteiger partial charge in [0, 0.05) is 12.5 Å². The minimum absolute atomic E-state index is 0.0756. The zero-order valence-electron chi connectivity index (χ0n) is 10.9. The lowest BCUT2D eigenvalue weighted by molar-refractivity contribution is -0.142. The van der Waals surface area contributed by atoms with Crippen molar-refractivity contribution in [1.29, 1.82) is 0 Å². The number of carboxylic acids is 1. The van der Waals surface area contributed by atoms with Crippen LogP contribution in [0, 0.1) is 0 Å². The number of carbonyl (C=O) groups is 3. The Balaban J connectivity index is 3.86. The van der Waals surface area contributed by atoms with Crippen LogP contribution in [0.25, 0.3) is 0 Å². The number of aliphatic carboxylic acids is 1. The zero-order chi connectivity index (χ0) is 14.1. The summed E-state index contributed by atoms with van der Waals surface area (Å²) >= 11 is 0. The van der Waals surface area contributed by atoms with Crippen molar-refractivity contribution in [3.05, 3.63) is 0 Å². The predicted molar refractivity (Wildman–Crippen MR) is 64.1 cm³/mol. The number of rotatable bonds is 7. The van der Waals surface area contributed by atoms with Gasteiger partial charge in [0.1, 0.15) is 6.04 Å². The van der Waals surface area contributed by atoms with E-state index >= 15 is 0 Å². The quantitative estimate of drug-likeness (QED) is 0.578. The van der Waals surface area contributed by atoms with E-state index in [0.29, 0.717) is 12.8 Å². The molecule has 2 atom stereocenters. The molecule has 0 aromatic heterocycles. The fourth-order valence-corrected chi connectivity index (χ4v) is 1.33. The van der Waals surface area contributed by atoms with E-state index in [1.165, 1.54) is 14.0 Å². The maximum Gasteiger partial charge on any atom is 0.328 e. The molecule has 3 N–H and O–H groups in total. The number of esters is 1. The molecule has 0 aliphatic carbocycles. The lowest BCUT2D eigenvalue weighted by Crippen LogP contribution is -2.47. The summed E-state index contributed by atoms with van der Waals surface area (Å²) in [5.41, 5.74) is 0. The first kappa shape index (κ1) is 16.2. The fourth-order valence-electron chi connectivity index (χ4n) is 1.33. The van der Waals surface area contributed by atoms with Gasteiger partial charge in [-0.15, -0.1) is 0 Å². The van der Waals surface area contributed by atoms with Crippen LogP contribution >= 0.6 is 0 Å². The van der Waals surface area contributed by atoms with Crippen molar-refractivity contribution in [2.45, 2.75) is 45.2 Å². The van der Waals surface area contributed by atoms with Gasteiger partial charge in [-0.1, -0.05) is 0 Å². The highest BCUT2D eigenvalue weighted by molar-refractivity contribution is 5.83. The summed E-state index contributed by atoms with van der Waals surface area (Å²) < 4.78 is 4.46. The highest BCUT2D eigenvalue weighted by Crippen LogP contribution is 2.00. The molecule has 0 aromatic rings. The van der Waals surface area contributed by atoms with E-state index in [4.69, 9.17) is 5.11 Å². The third-order valence-corrected chi connectivity index (χ3v) is 2.31. The fraction of sp³-hybridized carbons (Fsp3) is 0.727. The minimum atomic E-state index is -0.856. The van der Waals surface area contributed by atoms with E-state index in [9.17, 15) is 14.4 Å². The summed E-state index contributed by atoms with van der Waals surface area (Å²) in [6, 6.07) is -1.36. The van der Waals surface area contributed by atoms with Gasteiger partial charge in [-0.2, -0.15) is 0 Å². The normalized spacial score (nSPS) is 13.3. The summed E-state index contributed by atoms with van der Waals surface area (Å²) in [6.45, 7) is 3.28. The van der Waals surface area contributed by atoms with E-state index in [-0.39, 0.29) is 12.5 Å². The van der Waals surface area contributed by atoms with Crippen molar-refractivity contribution < 1.29 is 24.2 Å². The number of ether oxygens (including phenoxy) is 1. The van der Waals surface area contributed by atoms with E-state index in [2.05, 4.69) is 15.4 Å². The van der Waals surface area contributed by atoms with Gasteiger partial charge < -0.3 is 20.5 Å². The number of amides is 2. The van der Waals surface area contributed by atoms with Crippen molar-refractivity contribution >= 4 is 18.0 Å². The molecule has 0 spiro atoms. The van der Waals surface area contributed by atoms with Crippen molar-refractivity contribution in [2.75, 3.05) is 7.11 Å². The third-order valence-electron chi connectivity index (χ3n) is 2.31. The molecule has 0 fully saturated rings. The van der Waals surface area contributed by atoms with Crippen LogP contribution < -0.4 is 10.6 Å². The van der Waals surface area contributed by atoms with Gasteiger partial charge in [0.25, 0.3) is 0 Å². The van der Waals surface area contributed by atoms with Crippen LogP contribution in [0.1, 0.15) is 33.1 Å². The first-order valence-corrected chi connectivity index (χ1v) is 5.73. The number of carbonyl (C=O) groups excluding carboxylic acids is 2. The Hall–Kier alpha value is -1.79. The lowest BCUT2D eigenvalue weighted by Gasteiger charge is -2.16. The summed E-state index contributed by atoms with van der Waals surface area (Å²) in [6.07, 6.45) is 1.13. The van der Waals surface area contributed by atoms with Crippen LogP contribution in [-0.4, -0.2) is 42.3 Å². The highest BCUT2D eigenvalue weighted by atomic mass is 16.5. The van der Waals surface area contributed by atoms with Crippen LogP contribution in [0.15, 0.2) is 0 Å². The molecule has 0 saturated carbocycles. The molecule has 0 aliphatic rings. The van der Waals surface area contributed by atoms with Gasteiger partial charge in [-0.3, -0.25) is 4.79 Å². The third kappa shape index (κ3) is 7.48. The maximum atomic E-state index is 11.4. The Kier molecular flexibility index (Phi) is 7.50. The molecule has 18 heavy (non-hydrogen) atoms. The molecule has 0 heterocycles. The second-order valence-electron chi connectivity index (χ2n) is 4.05.